The van der Waals surface area contributed by atoms with Crippen molar-refractivity contribution in [3.05, 3.63) is 102 Å². The lowest BCUT2D eigenvalue weighted by Gasteiger charge is -2.22. The van der Waals surface area contributed by atoms with E-state index in [2.05, 4.69) is 48.2 Å². The molecule has 0 atom stereocenters. The molecule has 0 saturated carbocycles. The first kappa shape index (κ1) is 19.8. The Bertz CT molecular complexity index is 1060. The fourth-order valence-corrected chi connectivity index (χ4v) is 3.34. The number of ether oxygens (including phenoxy) is 1. The first-order chi connectivity index (χ1) is 14.7. The van der Waals surface area contributed by atoms with Crippen LogP contribution in [0.25, 0.3) is 11.5 Å². The molecule has 1 heterocycles. The summed E-state index contributed by atoms with van der Waals surface area (Å²) in [6, 6.07) is 28.4. The summed E-state index contributed by atoms with van der Waals surface area (Å²) in [4.78, 5) is 7.05. The zero-order valence-electron chi connectivity index (χ0n) is 17.4. The molecule has 30 heavy (non-hydrogen) atoms. The van der Waals surface area contributed by atoms with Crippen molar-refractivity contribution in [3.8, 4) is 17.2 Å². The Morgan fingerprint density at radius 3 is 2.20 bits per heavy atom. The topological polar surface area (TPSA) is 38.5 Å². The quantitative estimate of drug-likeness (QED) is 0.351. The first-order valence-electron chi connectivity index (χ1n) is 10.3. The van der Waals surface area contributed by atoms with Crippen molar-refractivity contribution in [2.24, 2.45) is 0 Å². The Kier molecular flexibility index (Phi) is 6.14. The van der Waals surface area contributed by atoms with Gasteiger partial charge in [-0.1, -0.05) is 48.5 Å². The average molecular weight is 399 g/mol. The van der Waals surface area contributed by atoms with E-state index in [1.807, 2.05) is 55.5 Å². The van der Waals surface area contributed by atoms with Crippen molar-refractivity contribution >= 4 is 5.69 Å². The Hall–Kier alpha value is -3.53. The molecule has 4 aromatic rings. The van der Waals surface area contributed by atoms with Gasteiger partial charge in [-0.25, -0.2) is 4.98 Å². The molecule has 0 fully saturated rings. The van der Waals surface area contributed by atoms with E-state index in [1.165, 1.54) is 5.69 Å². The maximum atomic E-state index is 5.97. The Balaban J connectivity index is 1.44. The van der Waals surface area contributed by atoms with Crippen molar-refractivity contribution in [2.75, 3.05) is 11.4 Å². The number of nitrogens with zero attached hydrogens (tertiary/aromatic N) is 2. The molecule has 0 bridgehead atoms. The van der Waals surface area contributed by atoms with Crippen LogP contribution < -0.4 is 9.64 Å². The smallest absolute Gasteiger partial charge is 0.226 e. The molecule has 4 rings (SSSR count). The highest BCUT2D eigenvalue weighted by molar-refractivity contribution is 5.55. The molecule has 0 unspecified atom stereocenters. The van der Waals surface area contributed by atoms with Crippen LogP contribution in [-0.4, -0.2) is 11.5 Å². The number of aryl methyl sites for hydroxylation is 1. The van der Waals surface area contributed by atoms with Crippen LogP contribution in [0.3, 0.4) is 0 Å². The maximum absolute atomic E-state index is 5.97. The van der Waals surface area contributed by atoms with Gasteiger partial charge in [0.25, 0.3) is 0 Å². The summed E-state index contributed by atoms with van der Waals surface area (Å²) in [5.74, 6) is 2.32. The third-order valence-corrected chi connectivity index (χ3v) is 5.09. The summed E-state index contributed by atoms with van der Waals surface area (Å²) in [5.41, 5.74) is 4.23. The third-order valence-electron chi connectivity index (χ3n) is 5.09. The molecular weight excluding hydrogens is 372 g/mol. The van der Waals surface area contributed by atoms with Gasteiger partial charge in [0.15, 0.2) is 0 Å². The fourth-order valence-electron chi connectivity index (χ4n) is 3.34. The van der Waals surface area contributed by atoms with Crippen LogP contribution in [0.4, 0.5) is 5.69 Å². The molecule has 0 amide bonds. The number of anilines is 1. The van der Waals surface area contributed by atoms with Crippen molar-refractivity contribution in [1.82, 2.24) is 4.98 Å². The minimum atomic E-state index is 0.550. The predicted octanol–water partition coefficient (Wildman–Crippen LogP) is 6.26. The SMILES string of the molecule is CCN(Cc1nc(-c2ccc(OCc3ccccc3)cc2)oc1C)c1ccccc1. The number of para-hydroxylation sites is 1. The van der Waals surface area contributed by atoms with Crippen LogP contribution in [0.1, 0.15) is 23.9 Å². The summed E-state index contributed by atoms with van der Waals surface area (Å²) < 4.78 is 11.8. The van der Waals surface area contributed by atoms with Gasteiger partial charge >= 0.3 is 0 Å². The van der Waals surface area contributed by atoms with E-state index in [-0.39, 0.29) is 0 Å². The Labute approximate surface area is 177 Å². The molecule has 0 aliphatic heterocycles. The van der Waals surface area contributed by atoms with Crippen molar-refractivity contribution < 1.29 is 9.15 Å². The van der Waals surface area contributed by atoms with Gasteiger partial charge < -0.3 is 14.1 Å². The minimum absolute atomic E-state index is 0.550. The molecule has 152 valence electrons. The molecule has 0 N–H and O–H groups in total. The van der Waals surface area contributed by atoms with E-state index in [0.29, 0.717) is 19.0 Å². The van der Waals surface area contributed by atoms with Crippen LogP contribution >= 0.6 is 0 Å². The number of hydrogen-bond donors (Lipinski definition) is 0. The number of oxazole rings is 1. The van der Waals surface area contributed by atoms with Crippen LogP contribution in [0.5, 0.6) is 5.75 Å². The lowest BCUT2D eigenvalue weighted by atomic mass is 10.2. The largest absolute Gasteiger partial charge is 0.489 e. The molecule has 0 spiro atoms. The number of aromatic nitrogens is 1. The second-order valence-electron chi connectivity index (χ2n) is 7.17. The zero-order valence-corrected chi connectivity index (χ0v) is 17.4. The standard InChI is InChI=1S/C26H26N2O2/c1-3-28(23-12-8-5-9-13-23)18-25-20(2)30-26(27-25)22-14-16-24(17-15-22)29-19-21-10-6-4-7-11-21/h4-17H,3,18-19H2,1-2H3. The lowest BCUT2D eigenvalue weighted by molar-refractivity contribution is 0.306. The van der Waals surface area contributed by atoms with E-state index in [4.69, 9.17) is 14.1 Å². The molecule has 4 heteroatoms. The predicted molar refractivity (Wildman–Crippen MR) is 121 cm³/mol. The highest BCUT2D eigenvalue weighted by Crippen LogP contribution is 2.26. The minimum Gasteiger partial charge on any atom is -0.489 e. The van der Waals surface area contributed by atoms with E-state index < -0.39 is 0 Å². The van der Waals surface area contributed by atoms with E-state index in [1.54, 1.807) is 0 Å². The molecule has 0 radical (unpaired) electrons. The van der Waals surface area contributed by atoms with Gasteiger partial charge in [-0.05, 0) is 55.8 Å². The fraction of sp³-hybridized carbons (Fsp3) is 0.192. The summed E-state index contributed by atoms with van der Waals surface area (Å²) in [7, 11) is 0. The van der Waals surface area contributed by atoms with Gasteiger partial charge in [-0.15, -0.1) is 0 Å². The van der Waals surface area contributed by atoms with E-state index in [9.17, 15) is 0 Å². The zero-order chi connectivity index (χ0) is 20.8. The average Bonchev–Trinajstić information content (AvgIpc) is 3.18. The monoisotopic (exact) mass is 398 g/mol. The Morgan fingerprint density at radius 2 is 1.53 bits per heavy atom. The summed E-state index contributed by atoms with van der Waals surface area (Å²) >= 11 is 0. The van der Waals surface area contributed by atoms with Crippen molar-refractivity contribution in [1.29, 1.82) is 0 Å². The first-order valence-corrected chi connectivity index (χ1v) is 10.3. The Morgan fingerprint density at radius 1 is 0.867 bits per heavy atom. The van der Waals surface area contributed by atoms with Crippen LogP contribution in [0, 0.1) is 6.92 Å². The molecule has 3 aromatic carbocycles. The van der Waals surface area contributed by atoms with Gasteiger partial charge in [0, 0.05) is 17.8 Å². The van der Waals surface area contributed by atoms with E-state index in [0.717, 1.165) is 34.9 Å². The van der Waals surface area contributed by atoms with Crippen LogP contribution in [-0.2, 0) is 13.2 Å². The normalized spacial score (nSPS) is 10.7. The molecular formula is C26H26N2O2. The van der Waals surface area contributed by atoms with Crippen LogP contribution in [0.2, 0.25) is 0 Å². The molecule has 1 aromatic heterocycles. The summed E-state index contributed by atoms with van der Waals surface area (Å²) in [5, 5.41) is 0. The third kappa shape index (κ3) is 4.71. The molecule has 4 nitrogen and oxygen atoms in total. The molecule has 0 saturated heterocycles. The van der Waals surface area contributed by atoms with Crippen molar-refractivity contribution in [3.63, 3.8) is 0 Å². The van der Waals surface area contributed by atoms with Gasteiger partial charge in [0.2, 0.25) is 5.89 Å². The second kappa shape index (κ2) is 9.31. The highest BCUT2D eigenvalue weighted by atomic mass is 16.5. The second-order valence-corrected chi connectivity index (χ2v) is 7.17. The van der Waals surface area contributed by atoms with Gasteiger partial charge in [0.1, 0.15) is 23.8 Å². The van der Waals surface area contributed by atoms with Crippen LogP contribution in [0.15, 0.2) is 89.3 Å². The van der Waals surface area contributed by atoms with Gasteiger partial charge in [-0.2, -0.15) is 0 Å². The molecule has 0 aliphatic carbocycles. The number of hydrogen-bond acceptors (Lipinski definition) is 4. The lowest BCUT2D eigenvalue weighted by Crippen LogP contribution is -2.22. The maximum Gasteiger partial charge on any atom is 0.226 e. The van der Waals surface area contributed by atoms with Gasteiger partial charge in [0.05, 0.1) is 6.54 Å². The number of rotatable bonds is 8. The van der Waals surface area contributed by atoms with Gasteiger partial charge in [-0.3, -0.25) is 0 Å². The van der Waals surface area contributed by atoms with Crippen molar-refractivity contribution in [2.45, 2.75) is 27.0 Å². The summed E-state index contributed by atoms with van der Waals surface area (Å²) in [6.45, 7) is 6.29. The number of benzene rings is 3. The summed E-state index contributed by atoms with van der Waals surface area (Å²) in [6.07, 6.45) is 0. The molecule has 0 aliphatic rings. The van der Waals surface area contributed by atoms with E-state index >= 15 is 0 Å². The highest BCUT2D eigenvalue weighted by Gasteiger charge is 2.15.